The fourth-order valence-corrected chi connectivity index (χ4v) is 2.64. The first kappa shape index (κ1) is 10.5. The molecule has 1 aliphatic carbocycles. The highest BCUT2D eigenvalue weighted by Crippen LogP contribution is 2.44. The number of para-hydroxylation sites is 1. The maximum absolute atomic E-state index is 5.98. The summed E-state index contributed by atoms with van der Waals surface area (Å²) in [5.74, 6) is 0. The van der Waals surface area contributed by atoms with Gasteiger partial charge in [0.1, 0.15) is 12.7 Å². The molecule has 1 saturated carbocycles. The molecule has 4 heteroatoms. The van der Waals surface area contributed by atoms with Gasteiger partial charge in [0.2, 0.25) is 0 Å². The molecule has 0 amide bonds. The molecule has 17 heavy (non-hydrogen) atoms. The van der Waals surface area contributed by atoms with E-state index in [-0.39, 0.29) is 5.41 Å². The molecule has 1 heterocycles. The standard InChI is InChI=1S/C13H16N4/c14-8-13(6-3-7-13)11-4-1-2-5-12(11)17-10-15-9-16-17/h1-2,4-5,9-10H,3,6-8,14H2. The second-order valence-electron chi connectivity index (χ2n) is 4.70. The molecular formula is C13H16N4. The van der Waals surface area contributed by atoms with E-state index in [0.29, 0.717) is 6.54 Å². The van der Waals surface area contributed by atoms with Gasteiger partial charge >= 0.3 is 0 Å². The van der Waals surface area contributed by atoms with Crippen molar-refractivity contribution in [1.82, 2.24) is 14.8 Å². The Morgan fingerprint density at radius 2 is 2.12 bits per heavy atom. The van der Waals surface area contributed by atoms with Crippen LogP contribution >= 0.6 is 0 Å². The lowest BCUT2D eigenvalue weighted by atomic mass is 9.64. The summed E-state index contributed by atoms with van der Waals surface area (Å²) in [5, 5.41) is 4.22. The zero-order valence-electron chi connectivity index (χ0n) is 9.71. The molecule has 88 valence electrons. The van der Waals surface area contributed by atoms with Crippen molar-refractivity contribution >= 4 is 0 Å². The van der Waals surface area contributed by atoms with Crippen molar-refractivity contribution in [3.8, 4) is 5.69 Å². The van der Waals surface area contributed by atoms with Gasteiger partial charge in [0.05, 0.1) is 5.69 Å². The third-order valence-corrected chi connectivity index (χ3v) is 3.84. The minimum atomic E-state index is 0.155. The van der Waals surface area contributed by atoms with Crippen LogP contribution in [0.15, 0.2) is 36.9 Å². The third-order valence-electron chi connectivity index (χ3n) is 3.84. The molecule has 3 rings (SSSR count). The number of hydrogen-bond acceptors (Lipinski definition) is 3. The van der Waals surface area contributed by atoms with Crippen molar-refractivity contribution < 1.29 is 0 Å². The van der Waals surface area contributed by atoms with E-state index in [9.17, 15) is 0 Å². The van der Waals surface area contributed by atoms with E-state index in [0.717, 1.165) is 5.69 Å². The predicted molar refractivity (Wildman–Crippen MR) is 65.9 cm³/mol. The molecule has 0 unspecified atom stereocenters. The van der Waals surface area contributed by atoms with Crippen LogP contribution in [-0.4, -0.2) is 21.3 Å². The topological polar surface area (TPSA) is 56.7 Å². The highest BCUT2D eigenvalue weighted by atomic mass is 15.3. The molecule has 0 spiro atoms. The molecule has 2 N–H and O–H groups in total. The van der Waals surface area contributed by atoms with E-state index in [2.05, 4.69) is 28.3 Å². The van der Waals surface area contributed by atoms with Crippen LogP contribution in [0.2, 0.25) is 0 Å². The monoisotopic (exact) mass is 228 g/mol. The number of rotatable bonds is 3. The van der Waals surface area contributed by atoms with Gasteiger partial charge in [-0.15, -0.1) is 0 Å². The van der Waals surface area contributed by atoms with Crippen molar-refractivity contribution in [3.63, 3.8) is 0 Å². The van der Waals surface area contributed by atoms with Gasteiger partial charge < -0.3 is 5.73 Å². The van der Waals surface area contributed by atoms with Crippen LogP contribution in [0.1, 0.15) is 24.8 Å². The van der Waals surface area contributed by atoms with Gasteiger partial charge in [-0.3, -0.25) is 0 Å². The first-order chi connectivity index (χ1) is 8.36. The zero-order chi connectivity index (χ0) is 11.7. The van der Waals surface area contributed by atoms with Crippen molar-refractivity contribution in [2.75, 3.05) is 6.54 Å². The number of hydrogen-bond donors (Lipinski definition) is 1. The van der Waals surface area contributed by atoms with Gasteiger partial charge in [0.25, 0.3) is 0 Å². The van der Waals surface area contributed by atoms with Crippen LogP contribution in [0.5, 0.6) is 0 Å². The van der Waals surface area contributed by atoms with Crippen LogP contribution in [0.4, 0.5) is 0 Å². The molecule has 4 nitrogen and oxygen atoms in total. The van der Waals surface area contributed by atoms with E-state index in [1.807, 2.05) is 10.7 Å². The van der Waals surface area contributed by atoms with Crippen LogP contribution in [0, 0.1) is 0 Å². The normalized spacial score (nSPS) is 17.7. The molecule has 0 radical (unpaired) electrons. The first-order valence-corrected chi connectivity index (χ1v) is 6.00. The summed E-state index contributed by atoms with van der Waals surface area (Å²) < 4.78 is 1.82. The Balaban J connectivity index is 2.11. The maximum atomic E-state index is 5.98. The smallest absolute Gasteiger partial charge is 0.138 e. The van der Waals surface area contributed by atoms with E-state index < -0.39 is 0 Å². The molecular weight excluding hydrogens is 212 g/mol. The summed E-state index contributed by atoms with van der Waals surface area (Å²) in [6.07, 6.45) is 6.92. The zero-order valence-corrected chi connectivity index (χ0v) is 9.71. The molecule has 1 aromatic carbocycles. The Bertz CT molecular complexity index is 494. The van der Waals surface area contributed by atoms with Crippen LogP contribution in [0.3, 0.4) is 0 Å². The fourth-order valence-electron chi connectivity index (χ4n) is 2.64. The quantitative estimate of drug-likeness (QED) is 0.869. The minimum Gasteiger partial charge on any atom is -0.330 e. The van der Waals surface area contributed by atoms with Gasteiger partial charge in [-0.1, -0.05) is 24.6 Å². The van der Waals surface area contributed by atoms with Crippen molar-refractivity contribution in [2.24, 2.45) is 5.73 Å². The molecule has 0 saturated heterocycles. The maximum Gasteiger partial charge on any atom is 0.138 e. The fraction of sp³-hybridized carbons (Fsp3) is 0.385. The summed E-state index contributed by atoms with van der Waals surface area (Å²) >= 11 is 0. The van der Waals surface area contributed by atoms with E-state index in [1.54, 1.807) is 12.7 Å². The van der Waals surface area contributed by atoms with Crippen molar-refractivity contribution in [2.45, 2.75) is 24.7 Å². The lowest BCUT2D eigenvalue weighted by molar-refractivity contribution is 0.252. The minimum absolute atomic E-state index is 0.155. The summed E-state index contributed by atoms with van der Waals surface area (Å²) in [7, 11) is 0. The molecule has 0 aliphatic heterocycles. The van der Waals surface area contributed by atoms with E-state index in [4.69, 9.17) is 5.73 Å². The molecule has 0 bridgehead atoms. The Labute approximate surface area is 100 Å². The predicted octanol–water partition coefficient (Wildman–Crippen LogP) is 1.65. The van der Waals surface area contributed by atoms with Gasteiger partial charge in [-0.05, 0) is 24.5 Å². The lowest BCUT2D eigenvalue weighted by Gasteiger charge is -2.42. The molecule has 0 atom stereocenters. The Morgan fingerprint density at radius 1 is 1.29 bits per heavy atom. The summed E-state index contributed by atoms with van der Waals surface area (Å²) in [6.45, 7) is 0.707. The average Bonchev–Trinajstić information content (AvgIpc) is 2.82. The van der Waals surface area contributed by atoms with E-state index in [1.165, 1.54) is 24.8 Å². The summed E-state index contributed by atoms with van der Waals surface area (Å²) in [6, 6.07) is 8.36. The Morgan fingerprint density at radius 3 is 2.71 bits per heavy atom. The molecule has 1 aliphatic rings. The largest absolute Gasteiger partial charge is 0.330 e. The van der Waals surface area contributed by atoms with Gasteiger partial charge in [-0.2, -0.15) is 5.10 Å². The third kappa shape index (κ3) is 1.56. The van der Waals surface area contributed by atoms with E-state index >= 15 is 0 Å². The highest BCUT2D eigenvalue weighted by Gasteiger charge is 2.39. The number of nitrogens with zero attached hydrogens (tertiary/aromatic N) is 3. The van der Waals surface area contributed by atoms with Crippen molar-refractivity contribution in [3.05, 3.63) is 42.5 Å². The lowest BCUT2D eigenvalue weighted by Crippen LogP contribution is -2.42. The second kappa shape index (κ2) is 3.96. The number of aromatic nitrogens is 3. The SMILES string of the molecule is NCC1(c2ccccc2-n2cncn2)CCC1. The second-order valence-corrected chi connectivity index (χ2v) is 4.70. The van der Waals surface area contributed by atoms with Gasteiger partial charge in [-0.25, -0.2) is 9.67 Å². The highest BCUT2D eigenvalue weighted by molar-refractivity contribution is 5.46. The van der Waals surface area contributed by atoms with Crippen LogP contribution in [0.25, 0.3) is 5.69 Å². The number of nitrogens with two attached hydrogens (primary N) is 1. The summed E-state index contributed by atoms with van der Waals surface area (Å²) in [5.41, 5.74) is 8.54. The van der Waals surface area contributed by atoms with Crippen molar-refractivity contribution in [1.29, 1.82) is 0 Å². The number of benzene rings is 1. The van der Waals surface area contributed by atoms with Gasteiger partial charge in [0.15, 0.2) is 0 Å². The van der Waals surface area contributed by atoms with Crippen LogP contribution in [-0.2, 0) is 5.41 Å². The summed E-state index contributed by atoms with van der Waals surface area (Å²) in [4.78, 5) is 4.01. The van der Waals surface area contributed by atoms with Crippen LogP contribution < -0.4 is 5.73 Å². The molecule has 1 aromatic heterocycles. The Kier molecular flexibility index (Phi) is 2.44. The van der Waals surface area contributed by atoms with Gasteiger partial charge in [0, 0.05) is 12.0 Å². The first-order valence-electron chi connectivity index (χ1n) is 6.00. The molecule has 1 fully saturated rings. The molecule has 2 aromatic rings. The average molecular weight is 228 g/mol. The Hall–Kier alpha value is -1.68.